The first-order valence-corrected chi connectivity index (χ1v) is 8.95. The first kappa shape index (κ1) is 18.7. The van der Waals surface area contributed by atoms with Crippen molar-refractivity contribution in [3.05, 3.63) is 88.9 Å². The van der Waals surface area contributed by atoms with E-state index < -0.39 is 5.97 Å². The molecular weight excluding hydrogens is 410 g/mol. The van der Waals surface area contributed by atoms with E-state index in [9.17, 15) is 9.59 Å². The zero-order valence-corrected chi connectivity index (χ0v) is 15.8. The maximum Gasteiger partial charge on any atom is 0.349 e. The maximum absolute atomic E-state index is 12.2. The number of esters is 1. The first-order chi connectivity index (χ1) is 13.1. The third kappa shape index (κ3) is 5.69. The van der Waals surface area contributed by atoms with E-state index in [0.717, 1.165) is 4.47 Å². The molecule has 5 nitrogen and oxygen atoms in total. The molecule has 0 fully saturated rings. The number of benzene rings is 3. The Labute approximate surface area is 165 Å². The summed E-state index contributed by atoms with van der Waals surface area (Å²) in [5, 5.41) is 2.79. The molecule has 3 aromatic carbocycles. The van der Waals surface area contributed by atoms with Crippen LogP contribution in [0.3, 0.4) is 0 Å². The van der Waals surface area contributed by atoms with Gasteiger partial charge in [0.2, 0.25) is 0 Å². The van der Waals surface area contributed by atoms with E-state index in [1.165, 1.54) is 0 Å². The van der Waals surface area contributed by atoms with E-state index in [-0.39, 0.29) is 12.5 Å². The monoisotopic (exact) mass is 425 g/mol. The number of carbonyl (C=O) groups excluding carboxylic acids is 2. The summed E-state index contributed by atoms with van der Waals surface area (Å²) < 4.78 is 11.5. The molecule has 1 N–H and O–H groups in total. The zero-order chi connectivity index (χ0) is 19.1. The molecule has 0 unspecified atom stereocenters. The number of ether oxygens (including phenoxy) is 2. The van der Waals surface area contributed by atoms with Gasteiger partial charge in [0.1, 0.15) is 11.5 Å². The Bertz CT molecular complexity index is 926. The molecule has 0 spiro atoms. The van der Waals surface area contributed by atoms with Crippen LogP contribution in [0.25, 0.3) is 0 Å². The van der Waals surface area contributed by atoms with Crippen LogP contribution in [-0.2, 0) is 4.79 Å². The van der Waals surface area contributed by atoms with Crippen molar-refractivity contribution in [1.82, 2.24) is 0 Å². The fourth-order valence-electron chi connectivity index (χ4n) is 2.26. The summed E-state index contributed by atoms with van der Waals surface area (Å²) in [6, 6.07) is 22.6. The Morgan fingerprint density at radius 3 is 2.33 bits per heavy atom. The van der Waals surface area contributed by atoms with Crippen molar-refractivity contribution in [1.29, 1.82) is 0 Å². The molecule has 0 aliphatic heterocycles. The summed E-state index contributed by atoms with van der Waals surface area (Å²) in [6.45, 7) is -0.244. The van der Waals surface area contributed by atoms with Gasteiger partial charge in [-0.1, -0.05) is 40.2 Å². The predicted octanol–water partition coefficient (Wildman–Crippen LogP) is 4.69. The highest BCUT2D eigenvalue weighted by atomic mass is 79.9. The Kier molecular flexibility index (Phi) is 6.22. The Balaban J connectivity index is 1.55. The van der Waals surface area contributed by atoms with Crippen LogP contribution in [-0.4, -0.2) is 18.5 Å². The van der Waals surface area contributed by atoms with Gasteiger partial charge in [0.15, 0.2) is 6.61 Å². The molecule has 1 amide bonds. The van der Waals surface area contributed by atoms with E-state index in [1.54, 1.807) is 72.8 Å². The average Bonchev–Trinajstić information content (AvgIpc) is 2.69. The quantitative estimate of drug-likeness (QED) is 0.459. The number of anilines is 1. The largest absolute Gasteiger partial charge is 0.482 e. The Hall–Kier alpha value is -3.12. The van der Waals surface area contributed by atoms with Crippen molar-refractivity contribution in [3.8, 4) is 11.5 Å². The fourth-order valence-corrected chi connectivity index (χ4v) is 2.53. The summed E-state index contributed by atoms with van der Waals surface area (Å²) >= 11 is 3.32. The van der Waals surface area contributed by atoms with Crippen molar-refractivity contribution >= 4 is 33.5 Å². The van der Waals surface area contributed by atoms with Crippen LogP contribution in [0.5, 0.6) is 11.5 Å². The van der Waals surface area contributed by atoms with Crippen LogP contribution in [0.4, 0.5) is 5.69 Å². The van der Waals surface area contributed by atoms with E-state index in [4.69, 9.17) is 9.47 Å². The summed E-state index contributed by atoms with van der Waals surface area (Å²) in [5.74, 6) is 0.155. The molecular formula is C21H16BrNO4. The average molecular weight is 426 g/mol. The van der Waals surface area contributed by atoms with Gasteiger partial charge in [0.25, 0.3) is 5.91 Å². The fraction of sp³-hybridized carbons (Fsp3) is 0.0476. The first-order valence-electron chi connectivity index (χ1n) is 8.16. The number of halogens is 1. The summed E-state index contributed by atoms with van der Waals surface area (Å²) in [4.78, 5) is 24.1. The number of carbonyl (C=O) groups is 2. The third-order valence-corrected chi connectivity index (χ3v) is 4.06. The van der Waals surface area contributed by atoms with Gasteiger partial charge in [0, 0.05) is 21.8 Å². The lowest BCUT2D eigenvalue weighted by Gasteiger charge is -2.09. The molecule has 3 aromatic rings. The van der Waals surface area contributed by atoms with Gasteiger partial charge in [0.05, 0.1) is 0 Å². The number of amides is 1. The predicted molar refractivity (Wildman–Crippen MR) is 106 cm³/mol. The van der Waals surface area contributed by atoms with Crippen molar-refractivity contribution in [2.45, 2.75) is 0 Å². The molecule has 0 saturated carbocycles. The lowest BCUT2D eigenvalue weighted by atomic mass is 10.2. The summed E-state index contributed by atoms with van der Waals surface area (Å²) in [5.41, 5.74) is 1.13. The van der Waals surface area contributed by atoms with E-state index in [2.05, 4.69) is 21.2 Å². The molecule has 27 heavy (non-hydrogen) atoms. The molecule has 136 valence electrons. The second-order valence-corrected chi connectivity index (χ2v) is 6.48. The van der Waals surface area contributed by atoms with E-state index >= 15 is 0 Å². The lowest BCUT2D eigenvalue weighted by Crippen LogP contribution is -2.17. The molecule has 0 radical (unpaired) electrons. The van der Waals surface area contributed by atoms with Gasteiger partial charge in [-0.3, -0.25) is 4.79 Å². The van der Waals surface area contributed by atoms with Crippen LogP contribution in [0, 0.1) is 0 Å². The molecule has 0 aromatic heterocycles. The van der Waals surface area contributed by atoms with Gasteiger partial charge in [-0.15, -0.1) is 0 Å². The minimum absolute atomic E-state index is 0.220. The molecule has 0 bridgehead atoms. The van der Waals surface area contributed by atoms with Crippen LogP contribution in [0.15, 0.2) is 83.3 Å². The Morgan fingerprint density at radius 2 is 1.59 bits per heavy atom. The summed E-state index contributed by atoms with van der Waals surface area (Å²) in [6.07, 6.45) is 0. The Morgan fingerprint density at radius 1 is 0.852 bits per heavy atom. The number of nitrogens with one attached hydrogen (secondary N) is 1. The summed E-state index contributed by atoms with van der Waals surface area (Å²) in [7, 11) is 0. The van der Waals surface area contributed by atoms with Crippen molar-refractivity contribution in [2.75, 3.05) is 11.9 Å². The van der Waals surface area contributed by atoms with Crippen LogP contribution >= 0.6 is 15.9 Å². The SMILES string of the molecule is O=C(COc1cccc(NC(=O)c2ccccc2)c1)Oc1ccc(Br)cc1. The molecule has 3 rings (SSSR count). The van der Waals surface area contributed by atoms with E-state index in [0.29, 0.717) is 22.7 Å². The van der Waals surface area contributed by atoms with Crippen molar-refractivity contribution in [2.24, 2.45) is 0 Å². The van der Waals surface area contributed by atoms with Gasteiger partial charge >= 0.3 is 5.97 Å². The minimum Gasteiger partial charge on any atom is -0.482 e. The highest BCUT2D eigenvalue weighted by Crippen LogP contribution is 2.19. The number of hydrogen-bond donors (Lipinski definition) is 1. The second kappa shape index (κ2) is 9.00. The molecule has 0 saturated heterocycles. The second-order valence-electron chi connectivity index (χ2n) is 5.56. The van der Waals surface area contributed by atoms with Crippen molar-refractivity contribution in [3.63, 3.8) is 0 Å². The zero-order valence-electron chi connectivity index (χ0n) is 14.2. The van der Waals surface area contributed by atoms with Crippen molar-refractivity contribution < 1.29 is 19.1 Å². The lowest BCUT2D eigenvalue weighted by molar-refractivity contribution is -0.136. The smallest absolute Gasteiger partial charge is 0.349 e. The van der Waals surface area contributed by atoms with Crippen LogP contribution in [0.2, 0.25) is 0 Å². The highest BCUT2D eigenvalue weighted by Gasteiger charge is 2.08. The number of hydrogen-bond acceptors (Lipinski definition) is 4. The normalized spacial score (nSPS) is 10.1. The molecule has 6 heteroatoms. The van der Waals surface area contributed by atoms with Gasteiger partial charge < -0.3 is 14.8 Å². The highest BCUT2D eigenvalue weighted by molar-refractivity contribution is 9.10. The van der Waals surface area contributed by atoms with Gasteiger partial charge in [-0.2, -0.15) is 0 Å². The molecule has 0 atom stereocenters. The van der Waals surface area contributed by atoms with E-state index in [1.807, 2.05) is 6.07 Å². The van der Waals surface area contributed by atoms with Gasteiger partial charge in [-0.25, -0.2) is 4.79 Å². The standard InChI is InChI=1S/C21H16BrNO4/c22-16-9-11-18(12-10-16)27-20(24)14-26-19-8-4-7-17(13-19)23-21(25)15-5-2-1-3-6-15/h1-13H,14H2,(H,23,25). The number of rotatable bonds is 6. The van der Waals surface area contributed by atoms with Crippen LogP contribution < -0.4 is 14.8 Å². The molecule has 0 heterocycles. The van der Waals surface area contributed by atoms with Gasteiger partial charge in [-0.05, 0) is 48.5 Å². The maximum atomic E-state index is 12.2. The minimum atomic E-state index is -0.518. The van der Waals surface area contributed by atoms with Crippen LogP contribution in [0.1, 0.15) is 10.4 Å². The third-order valence-electron chi connectivity index (χ3n) is 3.53. The topological polar surface area (TPSA) is 64.6 Å². The molecule has 0 aliphatic carbocycles. The molecule has 0 aliphatic rings.